The van der Waals surface area contributed by atoms with Gasteiger partial charge in [-0.2, -0.15) is 0 Å². The van der Waals surface area contributed by atoms with Crippen LogP contribution < -0.4 is 10.6 Å². The zero-order valence-electron chi connectivity index (χ0n) is 11.7. The molecule has 114 valence electrons. The molecule has 22 heavy (non-hydrogen) atoms. The molecule has 0 fully saturated rings. The lowest BCUT2D eigenvalue weighted by Gasteiger charge is -2.17. The minimum Gasteiger partial charge on any atom is -0.356 e. The summed E-state index contributed by atoms with van der Waals surface area (Å²) in [4.78, 5) is 10.1. The van der Waals surface area contributed by atoms with Gasteiger partial charge in [-0.3, -0.25) is 10.1 Å². The average Bonchev–Trinajstić information content (AvgIpc) is 2.48. The topological polar surface area (TPSA) is 67.2 Å². The molecule has 2 N–H and O–H groups in total. The number of thiocarbonyl (C=S) groups is 1. The summed E-state index contributed by atoms with van der Waals surface area (Å²) in [6.45, 7) is 1.90. The molecule has 0 radical (unpaired) electrons. The van der Waals surface area contributed by atoms with Gasteiger partial charge in [0.15, 0.2) is 5.11 Å². The minimum absolute atomic E-state index is 0.0177. The number of nitrogens with one attached hydrogen (secondary N) is 2. The third-order valence-electron chi connectivity index (χ3n) is 3.05. The molecular weight excluding hydrogens is 305 g/mol. The van der Waals surface area contributed by atoms with Crippen molar-refractivity contribution in [2.45, 2.75) is 13.0 Å². The number of nitro groups is 1. The third kappa shape index (κ3) is 4.23. The van der Waals surface area contributed by atoms with Gasteiger partial charge in [-0.1, -0.05) is 12.1 Å². The van der Waals surface area contributed by atoms with E-state index in [1.807, 2.05) is 6.92 Å². The van der Waals surface area contributed by atoms with Crippen molar-refractivity contribution in [1.82, 2.24) is 5.32 Å². The molecule has 0 aromatic heterocycles. The second kappa shape index (κ2) is 6.95. The van der Waals surface area contributed by atoms with Crippen molar-refractivity contribution in [3.8, 4) is 0 Å². The molecule has 2 rings (SSSR count). The number of non-ortho nitro benzene ring substituents is 1. The highest BCUT2D eigenvalue weighted by molar-refractivity contribution is 7.80. The van der Waals surface area contributed by atoms with Crippen LogP contribution in [0, 0.1) is 15.9 Å². The van der Waals surface area contributed by atoms with Crippen LogP contribution in [0.5, 0.6) is 0 Å². The predicted octanol–water partition coefficient (Wildman–Crippen LogP) is 3.78. The Morgan fingerprint density at radius 1 is 1.18 bits per heavy atom. The van der Waals surface area contributed by atoms with E-state index in [0.717, 1.165) is 5.56 Å². The van der Waals surface area contributed by atoms with Gasteiger partial charge in [0.05, 0.1) is 11.0 Å². The molecule has 0 aliphatic carbocycles. The van der Waals surface area contributed by atoms with Gasteiger partial charge in [-0.15, -0.1) is 0 Å². The largest absolute Gasteiger partial charge is 0.356 e. The summed E-state index contributed by atoms with van der Waals surface area (Å²) >= 11 is 5.19. The maximum Gasteiger partial charge on any atom is 0.269 e. The summed E-state index contributed by atoms with van der Waals surface area (Å²) in [5.41, 5.74) is 1.56. The van der Waals surface area contributed by atoms with Crippen LogP contribution in [0.1, 0.15) is 18.5 Å². The number of nitrogens with zero attached hydrogens (tertiary/aromatic N) is 1. The van der Waals surface area contributed by atoms with Crippen molar-refractivity contribution in [3.05, 3.63) is 70.0 Å². The summed E-state index contributed by atoms with van der Waals surface area (Å²) in [6, 6.07) is 12.0. The molecule has 1 atom stereocenters. The number of benzene rings is 2. The highest BCUT2D eigenvalue weighted by Crippen LogP contribution is 2.16. The number of rotatable bonds is 4. The standard InChI is InChI=1S/C15H14FN3O2S/c1-10(11-2-4-12(16)5-3-11)17-15(22)18-13-6-8-14(9-7-13)19(20)21/h2-10H,1H3,(H2,17,18,22)/t10-/m0/s1. The van der Waals surface area contributed by atoms with Crippen LogP contribution in [0.15, 0.2) is 48.5 Å². The van der Waals surface area contributed by atoms with Gasteiger partial charge in [0, 0.05) is 17.8 Å². The molecule has 0 spiro atoms. The van der Waals surface area contributed by atoms with Gasteiger partial charge in [-0.25, -0.2) is 4.39 Å². The fraction of sp³-hybridized carbons (Fsp3) is 0.133. The zero-order chi connectivity index (χ0) is 16.1. The molecule has 0 aliphatic heterocycles. The van der Waals surface area contributed by atoms with Crippen LogP contribution in [0.3, 0.4) is 0 Å². The molecule has 2 aromatic rings. The van der Waals surface area contributed by atoms with Crippen LogP contribution in [0.4, 0.5) is 15.8 Å². The highest BCUT2D eigenvalue weighted by Gasteiger charge is 2.08. The highest BCUT2D eigenvalue weighted by atomic mass is 32.1. The van der Waals surface area contributed by atoms with Crippen molar-refractivity contribution in [1.29, 1.82) is 0 Å². The van der Waals surface area contributed by atoms with E-state index in [-0.39, 0.29) is 17.5 Å². The summed E-state index contributed by atoms with van der Waals surface area (Å²) in [7, 11) is 0. The monoisotopic (exact) mass is 319 g/mol. The number of nitro benzene ring substituents is 1. The smallest absolute Gasteiger partial charge is 0.269 e. The maximum atomic E-state index is 12.9. The Morgan fingerprint density at radius 3 is 2.32 bits per heavy atom. The Kier molecular flexibility index (Phi) is 5.00. The van der Waals surface area contributed by atoms with Gasteiger partial charge in [0.2, 0.25) is 0 Å². The predicted molar refractivity (Wildman–Crippen MR) is 87.3 cm³/mol. The Bertz CT molecular complexity index is 674. The first-order valence-electron chi connectivity index (χ1n) is 6.53. The molecule has 5 nitrogen and oxygen atoms in total. The normalized spacial score (nSPS) is 11.5. The van der Waals surface area contributed by atoms with Crippen molar-refractivity contribution < 1.29 is 9.31 Å². The zero-order valence-corrected chi connectivity index (χ0v) is 12.6. The van der Waals surface area contributed by atoms with Crippen LogP contribution in [-0.4, -0.2) is 10.0 Å². The fourth-order valence-corrected chi connectivity index (χ4v) is 2.16. The van der Waals surface area contributed by atoms with E-state index < -0.39 is 4.92 Å². The molecule has 0 saturated heterocycles. The number of halogens is 1. The Hall–Kier alpha value is -2.54. The summed E-state index contributed by atoms with van der Waals surface area (Å²) in [6.07, 6.45) is 0. The third-order valence-corrected chi connectivity index (χ3v) is 3.27. The van der Waals surface area contributed by atoms with Gasteiger partial charge in [-0.05, 0) is 49.0 Å². The van der Waals surface area contributed by atoms with Gasteiger partial charge in [0.25, 0.3) is 5.69 Å². The number of hydrogen-bond donors (Lipinski definition) is 2. The van der Waals surface area contributed by atoms with Crippen LogP contribution in [-0.2, 0) is 0 Å². The average molecular weight is 319 g/mol. The summed E-state index contributed by atoms with van der Waals surface area (Å²) < 4.78 is 12.9. The van der Waals surface area contributed by atoms with Crippen molar-refractivity contribution in [2.75, 3.05) is 5.32 Å². The molecule has 7 heteroatoms. The minimum atomic E-state index is -0.461. The molecule has 0 unspecified atom stereocenters. The van der Waals surface area contributed by atoms with E-state index >= 15 is 0 Å². The maximum absolute atomic E-state index is 12.9. The number of anilines is 1. The van der Waals surface area contributed by atoms with Crippen LogP contribution >= 0.6 is 12.2 Å². The van der Waals surface area contributed by atoms with Gasteiger partial charge < -0.3 is 10.6 Å². The molecule has 0 bridgehead atoms. The van der Waals surface area contributed by atoms with Gasteiger partial charge in [0.1, 0.15) is 5.82 Å². The second-order valence-corrected chi connectivity index (χ2v) is 5.08. The lowest BCUT2D eigenvalue weighted by molar-refractivity contribution is -0.384. The van der Waals surface area contributed by atoms with E-state index in [9.17, 15) is 14.5 Å². The molecule has 0 saturated carbocycles. The first kappa shape index (κ1) is 15.8. The van der Waals surface area contributed by atoms with E-state index in [1.54, 1.807) is 24.3 Å². The first-order valence-corrected chi connectivity index (χ1v) is 6.94. The Labute approximate surface area is 132 Å². The molecular formula is C15H14FN3O2S. The lowest BCUT2D eigenvalue weighted by atomic mass is 10.1. The van der Waals surface area contributed by atoms with E-state index in [0.29, 0.717) is 10.8 Å². The molecule has 0 aliphatic rings. The molecule has 0 heterocycles. The Morgan fingerprint density at radius 2 is 1.77 bits per heavy atom. The second-order valence-electron chi connectivity index (χ2n) is 4.68. The Balaban J connectivity index is 1.94. The van der Waals surface area contributed by atoms with E-state index in [1.165, 1.54) is 24.3 Å². The first-order chi connectivity index (χ1) is 10.5. The van der Waals surface area contributed by atoms with E-state index in [2.05, 4.69) is 10.6 Å². The summed E-state index contributed by atoms with van der Waals surface area (Å²) in [5.74, 6) is -0.289. The SMILES string of the molecule is C[C@H](NC(=S)Nc1ccc([N+](=O)[O-])cc1)c1ccc(F)cc1. The van der Waals surface area contributed by atoms with Gasteiger partial charge >= 0.3 is 0 Å². The van der Waals surface area contributed by atoms with Crippen molar-refractivity contribution in [3.63, 3.8) is 0 Å². The van der Waals surface area contributed by atoms with Crippen LogP contribution in [0.2, 0.25) is 0 Å². The molecule has 2 aromatic carbocycles. The van der Waals surface area contributed by atoms with Crippen LogP contribution in [0.25, 0.3) is 0 Å². The van der Waals surface area contributed by atoms with Crippen molar-refractivity contribution in [2.24, 2.45) is 0 Å². The van der Waals surface area contributed by atoms with E-state index in [4.69, 9.17) is 12.2 Å². The fourth-order valence-electron chi connectivity index (χ4n) is 1.87. The summed E-state index contributed by atoms with van der Waals surface area (Å²) in [5, 5.41) is 17.0. The number of hydrogen-bond acceptors (Lipinski definition) is 3. The quantitative estimate of drug-likeness (QED) is 0.510. The molecule has 0 amide bonds. The lowest BCUT2D eigenvalue weighted by Crippen LogP contribution is -2.30. The van der Waals surface area contributed by atoms with Crippen molar-refractivity contribution >= 4 is 28.7 Å².